The third kappa shape index (κ3) is 6.17. The zero-order valence-electron chi connectivity index (χ0n) is 22.1. The van der Waals surface area contributed by atoms with Crippen LogP contribution in [-0.4, -0.2) is 54.2 Å². The van der Waals surface area contributed by atoms with Gasteiger partial charge in [0.1, 0.15) is 22.7 Å². The van der Waals surface area contributed by atoms with Crippen LogP contribution in [0.1, 0.15) is 39.0 Å². The van der Waals surface area contributed by atoms with Crippen LogP contribution in [0.15, 0.2) is 58.9 Å². The lowest BCUT2D eigenvalue weighted by atomic mass is 9.81. The molecule has 0 N–H and O–H groups in total. The van der Waals surface area contributed by atoms with E-state index < -0.39 is 58.0 Å². The fourth-order valence-electron chi connectivity index (χ4n) is 3.85. The Morgan fingerprint density at radius 3 is 2.31 bits per heavy atom. The van der Waals surface area contributed by atoms with Gasteiger partial charge in [0.05, 0.1) is 31.2 Å². The van der Waals surface area contributed by atoms with E-state index in [4.69, 9.17) is 14.2 Å². The Hall–Kier alpha value is -4.06. The molecule has 1 atom stereocenters. The average Bonchev–Trinajstić information content (AvgIpc) is 2.84. The van der Waals surface area contributed by atoms with Crippen molar-refractivity contribution in [2.45, 2.75) is 38.8 Å². The molecule has 39 heavy (non-hydrogen) atoms. The summed E-state index contributed by atoms with van der Waals surface area (Å²) in [4.78, 5) is 35.9. The van der Waals surface area contributed by atoms with Crippen LogP contribution in [0.2, 0.25) is 0 Å². The van der Waals surface area contributed by atoms with Crippen molar-refractivity contribution in [2.75, 3.05) is 20.8 Å². The van der Waals surface area contributed by atoms with E-state index in [9.17, 15) is 22.8 Å². The van der Waals surface area contributed by atoms with Crippen molar-refractivity contribution in [3.05, 3.63) is 88.4 Å². The number of allylic oxidation sites excluding steroid dienone is 1. The van der Waals surface area contributed by atoms with Gasteiger partial charge in [-0.25, -0.2) is 42.0 Å². The lowest BCUT2D eigenvalue weighted by molar-refractivity contribution is -0.137. The molecule has 1 aliphatic heterocycles. The van der Waals surface area contributed by atoms with Gasteiger partial charge >= 0.3 is 12.1 Å². The maximum absolute atomic E-state index is 15.1. The molecule has 2 aromatic rings. The lowest BCUT2D eigenvalue weighted by Crippen LogP contribution is -2.48. The second kappa shape index (κ2) is 11.4. The number of benzene rings is 1. The van der Waals surface area contributed by atoms with Gasteiger partial charge in [-0.15, -0.1) is 0 Å². The second-order valence-corrected chi connectivity index (χ2v) is 9.55. The second-order valence-electron chi connectivity index (χ2n) is 9.55. The summed E-state index contributed by atoms with van der Waals surface area (Å²) in [5, 5.41) is 0. The molecule has 0 spiro atoms. The lowest BCUT2D eigenvalue weighted by Gasteiger charge is -2.39. The summed E-state index contributed by atoms with van der Waals surface area (Å²) in [6.45, 7) is 6.14. The highest BCUT2D eigenvalue weighted by Crippen LogP contribution is 2.42. The van der Waals surface area contributed by atoms with Crippen molar-refractivity contribution in [3.63, 3.8) is 0 Å². The normalized spacial score (nSPS) is 17.9. The summed E-state index contributed by atoms with van der Waals surface area (Å²) in [5.74, 6) is -6.05. The van der Waals surface area contributed by atoms with Crippen LogP contribution in [-0.2, 0) is 24.5 Å². The van der Waals surface area contributed by atoms with E-state index >= 15 is 4.39 Å². The van der Waals surface area contributed by atoms with E-state index in [1.165, 1.54) is 32.3 Å². The maximum Gasteiger partial charge on any atom is 0.420 e. The van der Waals surface area contributed by atoms with Crippen LogP contribution < -0.4 is 0 Å². The summed E-state index contributed by atoms with van der Waals surface area (Å²) in [6.07, 6.45) is 2.38. The number of hydrogen-bond donors (Lipinski definition) is 0. The SMILES string of the molecule is COCC=CC1=C(C(=O)OC)C(C)(c2ccc(F)c(F)c2)N=C(c2ncc(F)cc2F)N1C(=O)OC(C)(C)C. The van der Waals surface area contributed by atoms with Crippen LogP contribution in [0.4, 0.5) is 22.4 Å². The summed E-state index contributed by atoms with van der Waals surface area (Å²) in [6, 6.07) is 3.36. The van der Waals surface area contributed by atoms with Crippen LogP contribution in [0.25, 0.3) is 0 Å². The van der Waals surface area contributed by atoms with Gasteiger partial charge in [0.25, 0.3) is 0 Å². The number of aromatic nitrogens is 1. The number of amides is 1. The smallest absolute Gasteiger partial charge is 0.420 e. The monoisotopic (exact) mass is 549 g/mol. The summed E-state index contributed by atoms with van der Waals surface area (Å²) in [5.41, 5.74) is -4.03. The number of aliphatic imine (C=N–C) groups is 1. The van der Waals surface area contributed by atoms with Crippen LogP contribution in [0.3, 0.4) is 0 Å². The number of esters is 1. The minimum Gasteiger partial charge on any atom is -0.466 e. The molecule has 0 aliphatic carbocycles. The molecular weight excluding hydrogens is 522 g/mol. The number of rotatable bonds is 6. The van der Waals surface area contributed by atoms with E-state index in [-0.39, 0.29) is 23.4 Å². The molecule has 0 bridgehead atoms. The third-order valence-electron chi connectivity index (χ3n) is 5.53. The number of carbonyl (C=O) groups excluding carboxylic acids is 2. The molecular formula is C27H27F4N3O5. The molecule has 0 radical (unpaired) electrons. The molecule has 8 nitrogen and oxygen atoms in total. The van der Waals surface area contributed by atoms with Gasteiger partial charge in [0, 0.05) is 13.2 Å². The molecule has 0 saturated carbocycles. The van der Waals surface area contributed by atoms with Crippen molar-refractivity contribution < 1.29 is 41.4 Å². The van der Waals surface area contributed by atoms with Crippen LogP contribution in [0, 0.1) is 23.3 Å². The fourth-order valence-corrected chi connectivity index (χ4v) is 3.85. The molecule has 1 unspecified atom stereocenters. The number of pyridine rings is 1. The van der Waals surface area contributed by atoms with Gasteiger partial charge in [-0.2, -0.15) is 0 Å². The van der Waals surface area contributed by atoms with E-state index in [1.54, 1.807) is 20.8 Å². The van der Waals surface area contributed by atoms with Gasteiger partial charge in [0.15, 0.2) is 23.3 Å². The Balaban J connectivity index is 2.49. The first-order valence-electron chi connectivity index (χ1n) is 11.6. The van der Waals surface area contributed by atoms with Crippen LogP contribution in [0.5, 0.6) is 0 Å². The molecule has 0 fully saturated rings. The maximum atomic E-state index is 15.1. The topological polar surface area (TPSA) is 90.3 Å². The minimum atomic E-state index is -1.88. The molecule has 208 valence electrons. The first-order valence-corrected chi connectivity index (χ1v) is 11.6. The largest absolute Gasteiger partial charge is 0.466 e. The molecule has 1 aliphatic rings. The Labute approximate surface area is 222 Å². The number of nitrogens with zero attached hydrogens (tertiary/aromatic N) is 3. The molecule has 2 heterocycles. The van der Waals surface area contributed by atoms with Crippen molar-refractivity contribution in [1.82, 2.24) is 9.88 Å². The number of halogens is 4. The van der Waals surface area contributed by atoms with Gasteiger partial charge in [-0.3, -0.25) is 0 Å². The highest BCUT2D eigenvalue weighted by Gasteiger charge is 2.47. The number of methoxy groups -OCH3 is 2. The summed E-state index contributed by atoms with van der Waals surface area (Å²) < 4.78 is 72.7. The number of carbonyl (C=O) groups is 2. The van der Waals surface area contributed by atoms with Gasteiger partial charge < -0.3 is 14.2 Å². The predicted molar refractivity (Wildman–Crippen MR) is 133 cm³/mol. The highest BCUT2D eigenvalue weighted by atomic mass is 19.2. The highest BCUT2D eigenvalue weighted by molar-refractivity contribution is 6.10. The molecule has 3 rings (SSSR count). The minimum absolute atomic E-state index is 0.0254. The molecule has 0 saturated heterocycles. The number of amidine groups is 1. The fraction of sp³-hybridized carbons (Fsp3) is 0.333. The summed E-state index contributed by atoms with van der Waals surface area (Å²) >= 11 is 0. The zero-order chi connectivity index (χ0) is 29.1. The standard InChI is InChI=1S/C27H27F4N3O5/c1-26(2,3)39-25(36)34-20(8-7-11-37-5)21(24(35)38-6)27(4,15-9-10-17(29)18(30)12-15)33-23(34)22-19(31)13-16(28)14-32-22/h7-10,12-14H,11H2,1-6H3. The van der Waals surface area contributed by atoms with Crippen molar-refractivity contribution >= 4 is 17.9 Å². The third-order valence-corrected chi connectivity index (χ3v) is 5.53. The van der Waals surface area contributed by atoms with E-state index in [1.807, 2.05) is 0 Å². The van der Waals surface area contributed by atoms with E-state index in [2.05, 4.69) is 9.98 Å². The first-order chi connectivity index (χ1) is 18.2. The zero-order valence-corrected chi connectivity index (χ0v) is 22.1. The predicted octanol–water partition coefficient (Wildman–Crippen LogP) is 5.18. The molecule has 1 aromatic carbocycles. The Kier molecular flexibility index (Phi) is 8.59. The number of ether oxygens (including phenoxy) is 3. The van der Waals surface area contributed by atoms with E-state index in [0.717, 1.165) is 24.1 Å². The number of hydrogen-bond acceptors (Lipinski definition) is 7. The van der Waals surface area contributed by atoms with Crippen LogP contribution >= 0.6 is 0 Å². The van der Waals surface area contributed by atoms with Gasteiger partial charge in [-0.1, -0.05) is 12.1 Å². The van der Waals surface area contributed by atoms with Crippen molar-refractivity contribution in [2.24, 2.45) is 4.99 Å². The van der Waals surface area contributed by atoms with Crippen molar-refractivity contribution in [3.8, 4) is 0 Å². The van der Waals surface area contributed by atoms with Gasteiger partial charge in [0.2, 0.25) is 0 Å². The average molecular weight is 550 g/mol. The molecule has 1 aromatic heterocycles. The first kappa shape index (κ1) is 29.5. The summed E-state index contributed by atoms with van der Waals surface area (Å²) in [7, 11) is 2.48. The van der Waals surface area contributed by atoms with E-state index in [0.29, 0.717) is 12.3 Å². The molecule has 12 heteroatoms. The Morgan fingerprint density at radius 2 is 1.74 bits per heavy atom. The van der Waals surface area contributed by atoms with Gasteiger partial charge in [-0.05, 0) is 51.5 Å². The Morgan fingerprint density at radius 1 is 1.05 bits per heavy atom. The quantitative estimate of drug-likeness (QED) is 0.364. The molecule has 1 amide bonds. The Bertz CT molecular complexity index is 1380. The van der Waals surface area contributed by atoms with Crippen molar-refractivity contribution in [1.29, 1.82) is 0 Å².